The van der Waals surface area contributed by atoms with E-state index >= 15 is 4.39 Å². The van der Waals surface area contributed by atoms with Crippen molar-refractivity contribution < 1.29 is 33.2 Å². The molecule has 6 rings (SSSR count). The van der Waals surface area contributed by atoms with Crippen LogP contribution in [0.2, 0.25) is 0 Å². The van der Waals surface area contributed by atoms with Gasteiger partial charge in [0.25, 0.3) is 0 Å². The van der Waals surface area contributed by atoms with Gasteiger partial charge in [0.15, 0.2) is 0 Å². The van der Waals surface area contributed by atoms with Crippen LogP contribution in [0.1, 0.15) is 65.5 Å². The lowest BCUT2D eigenvalue weighted by Crippen LogP contribution is -2.25. The minimum atomic E-state index is -0.849. The van der Waals surface area contributed by atoms with Crippen LogP contribution in [-0.2, 0) is 16.0 Å². The maximum absolute atomic E-state index is 15.3. The third kappa shape index (κ3) is 5.08. The third-order valence-electron chi connectivity index (χ3n) is 8.09. The van der Waals surface area contributed by atoms with E-state index in [9.17, 15) is 4.79 Å². The second-order valence-electron chi connectivity index (χ2n) is 10.8. The lowest BCUT2D eigenvalue weighted by Gasteiger charge is -2.24. The molecule has 6 nitrogen and oxygen atoms in total. The van der Waals surface area contributed by atoms with E-state index in [-0.39, 0.29) is 24.3 Å². The van der Waals surface area contributed by atoms with E-state index in [0.29, 0.717) is 36.5 Å². The van der Waals surface area contributed by atoms with Crippen molar-refractivity contribution >= 4 is 5.97 Å². The molecule has 3 aliphatic rings. The van der Waals surface area contributed by atoms with Gasteiger partial charge in [0, 0.05) is 36.0 Å². The van der Waals surface area contributed by atoms with Gasteiger partial charge < -0.3 is 24.1 Å². The van der Waals surface area contributed by atoms with Crippen molar-refractivity contribution in [1.29, 1.82) is 0 Å². The molecule has 2 atom stereocenters. The minimum absolute atomic E-state index is 0.0265. The predicted octanol–water partition coefficient (Wildman–Crippen LogP) is 6.68. The standard InChI is InChI=1S/C32H33FO6/c1-18-13-23(38-21-9-11-36-12-10-21)14-19(2)31(18)25-5-7-27(33)32-26(25)6-8-28(32)39-22-3-4-24-20(15-30(34)35)17-37-29(24)16-22/h3-5,7,13-14,16,20-21,28H,6,8-12,15,17H2,1-2H3,(H,34,35)/t20-,28-/m1/s1. The maximum Gasteiger partial charge on any atom is 0.304 e. The maximum atomic E-state index is 15.3. The Balaban J connectivity index is 1.25. The van der Waals surface area contributed by atoms with Gasteiger partial charge in [-0.25, -0.2) is 4.39 Å². The van der Waals surface area contributed by atoms with E-state index in [1.807, 2.05) is 18.2 Å². The van der Waals surface area contributed by atoms with Gasteiger partial charge >= 0.3 is 5.97 Å². The number of hydrogen-bond acceptors (Lipinski definition) is 5. The lowest BCUT2D eigenvalue weighted by atomic mass is 9.90. The number of halogens is 1. The minimum Gasteiger partial charge on any atom is -0.492 e. The van der Waals surface area contributed by atoms with Gasteiger partial charge in [-0.1, -0.05) is 12.1 Å². The molecule has 0 radical (unpaired) electrons. The van der Waals surface area contributed by atoms with Crippen LogP contribution in [0.25, 0.3) is 11.1 Å². The second-order valence-corrected chi connectivity index (χ2v) is 10.8. The summed E-state index contributed by atoms with van der Waals surface area (Å²) >= 11 is 0. The SMILES string of the molecule is Cc1cc(OC2CCOCC2)cc(C)c1-c1ccc(F)c2c1CC[C@H]2Oc1ccc2c(c1)OC[C@H]2CC(=O)O. The van der Waals surface area contributed by atoms with Crippen LogP contribution in [0.4, 0.5) is 4.39 Å². The fourth-order valence-electron chi connectivity index (χ4n) is 6.30. The highest BCUT2D eigenvalue weighted by Crippen LogP contribution is 2.45. The Kier molecular flexibility index (Phi) is 6.94. The first-order valence-electron chi connectivity index (χ1n) is 13.7. The molecule has 1 saturated heterocycles. The molecule has 3 aromatic rings. The lowest BCUT2D eigenvalue weighted by molar-refractivity contribution is -0.137. The Morgan fingerprint density at radius 2 is 1.77 bits per heavy atom. The number of ether oxygens (including phenoxy) is 4. The van der Waals surface area contributed by atoms with Gasteiger partial charge in [-0.2, -0.15) is 0 Å². The molecule has 0 spiro atoms. The number of rotatable bonds is 7. The van der Waals surface area contributed by atoms with Gasteiger partial charge in [-0.15, -0.1) is 0 Å². The molecule has 1 N–H and O–H groups in total. The van der Waals surface area contributed by atoms with Crippen molar-refractivity contribution in [2.24, 2.45) is 0 Å². The highest BCUT2D eigenvalue weighted by atomic mass is 19.1. The molecule has 3 aromatic carbocycles. The number of hydrogen-bond donors (Lipinski definition) is 1. The molecule has 0 saturated carbocycles. The van der Waals surface area contributed by atoms with Gasteiger partial charge in [-0.05, 0) is 78.8 Å². The molecule has 1 fully saturated rings. The normalized spacial score (nSPS) is 20.3. The number of fused-ring (bicyclic) bond motifs is 2. The Bertz CT molecular complexity index is 1390. The highest BCUT2D eigenvalue weighted by Gasteiger charge is 2.32. The summed E-state index contributed by atoms with van der Waals surface area (Å²) in [5, 5.41) is 9.16. The fourth-order valence-corrected chi connectivity index (χ4v) is 6.30. The van der Waals surface area contributed by atoms with Crippen molar-refractivity contribution in [3.63, 3.8) is 0 Å². The van der Waals surface area contributed by atoms with Crippen LogP contribution in [0.15, 0.2) is 42.5 Å². The Hall–Kier alpha value is -3.58. The average Bonchev–Trinajstić information content (AvgIpc) is 3.50. The van der Waals surface area contributed by atoms with Crippen molar-refractivity contribution in [1.82, 2.24) is 0 Å². The van der Waals surface area contributed by atoms with Crippen LogP contribution in [0, 0.1) is 19.7 Å². The van der Waals surface area contributed by atoms with E-state index in [0.717, 1.165) is 65.2 Å². The van der Waals surface area contributed by atoms with Gasteiger partial charge in [-0.3, -0.25) is 4.79 Å². The Labute approximate surface area is 227 Å². The Morgan fingerprint density at radius 1 is 1.00 bits per heavy atom. The van der Waals surface area contributed by atoms with Crippen molar-refractivity contribution in [3.05, 3.63) is 76.1 Å². The van der Waals surface area contributed by atoms with Crippen LogP contribution in [-0.4, -0.2) is 37.0 Å². The van der Waals surface area contributed by atoms with Crippen LogP contribution < -0.4 is 14.2 Å². The Morgan fingerprint density at radius 3 is 2.51 bits per heavy atom. The molecule has 0 amide bonds. The predicted molar refractivity (Wildman–Crippen MR) is 144 cm³/mol. The molecule has 2 heterocycles. The van der Waals surface area contributed by atoms with Crippen LogP contribution >= 0.6 is 0 Å². The quantitative estimate of drug-likeness (QED) is 0.366. The zero-order valence-electron chi connectivity index (χ0n) is 22.3. The van der Waals surface area contributed by atoms with Gasteiger partial charge in [0.2, 0.25) is 0 Å². The molecule has 2 aliphatic heterocycles. The number of carboxylic acids is 1. The van der Waals surface area contributed by atoms with Gasteiger partial charge in [0.05, 0.1) is 26.2 Å². The summed E-state index contributed by atoms with van der Waals surface area (Å²) in [7, 11) is 0. The van der Waals surface area contributed by atoms with E-state index < -0.39 is 12.1 Å². The molecule has 0 unspecified atom stereocenters. The fraction of sp³-hybridized carbons (Fsp3) is 0.406. The van der Waals surface area contributed by atoms with E-state index in [2.05, 4.69) is 26.0 Å². The van der Waals surface area contributed by atoms with Crippen LogP contribution in [0.3, 0.4) is 0 Å². The summed E-state index contributed by atoms with van der Waals surface area (Å²) in [5.74, 6) is 0.821. The third-order valence-corrected chi connectivity index (χ3v) is 8.09. The van der Waals surface area contributed by atoms with E-state index in [4.69, 9.17) is 24.1 Å². The monoisotopic (exact) mass is 532 g/mol. The first-order valence-corrected chi connectivity index (χ1v) is 13.7. The molecule has 39 heavy (non-hydrogen) atoms. The number of aliphatic carboxylic acids is 1. The molecule has 1 aliphatic carbocycles. The first-order chi connectivity index (χ1) is 18.9. The number of aryl methyl sites for hydroxylation is 2. The summed E-state index contributed by atoms with van der Waals surface area (Å²) < 4.78 is 39.0. The molecular formula is C32H33FO6. The summed E-state index contributed by atoms with van der Waals surface area (Å²) in [6.07, 6.45) is 2.96. The van der Waals surface area contributed by atoms with E-state index in [1.54, 1.807) is 12.1 Å². The molecular weight excluding hydrogens is 499 g/mol. The van der Waals surface area contributed by atoms with Crippen molar-refractivity contribution in [2.75, 3.05) is 19.8 Å². The zero-order valence-corrected chi connectivity index (χ0v) is 22.3. The van der Waals surface area contributed by atoms with Crippen molar-refractivity contribution in [3.8, 4) is 28.4 Å². The largest absolute Gasteiger partial charge is 0.492 e. The number of carbonyl (C=O) groups is 1. The summed E-state index contributed by atoms with van der Waals surface area (Å²) in [5.41, 5.74) is 6.83. The van der Waals surface area contributed by atoms with E-state index in [1.165, 1.54) is 0 Å². The summed E-state index contributed by atoms with van der Waals surface area (Å²) in [6.45, 7) is 5.97. The molecule has 7 heteroatoms. The first kappa shape index (κ1) is 25.7. The smallest absolute Gasteiger partial charge is 0.304 e. The zero-order chi connectivity index (χ0) is 27.1. The topological polar surface area (TPSA) is 74.2 Å². The number of benzene rings is 3. The summed E-state index contributed by atoms with van der Waals surface area (Å²) in [6, 6.07) is 13.1. The average molecular weight is 533 g/mol. The molecule has 204 valence electrons. The summed E-state index contributed by atoms with van der Waals surface area (Å²) in [4.78, 5) is 11.2. The highest BCUT2D eigenvalue weighted by molar-refractivity contribution is 5.76. The van der Waals surface area contributed by atoms with Gasteiger partial charge in [0.1, 0.15) is 35.3 Å². The second kappa shape index (κ2) is 10.5. The number of carboxylic acid groups (broad SMARTS) is 1. The molecule has 0 aromatic heterocycles. The molecule has 0 bridgehead atoms. The van der Waals surface area contributed by atoms with Crippen LogP contribution in [0.5, 0.6) is 17.2 Å². The van der Waals surface area contributed by atoms with Crippen molar-refractivity contribution in [2.45, 2.75) is 64.1 Å².